The topological polar surface area (TPSA) is 58.6 Å². The molecule has 2 N–H and O–H groups in total. The molecule has 0 spiro atoms. The first-order valence-corrected chi connectivity index (χ1v) is 4.38. The van der Waals surface area contributed by atoms with Gasteiger partial charge >= 0.3 is 0 Å². The van der Waals surface area contributed by atoms with Crippen LogP contribution in [0.5, 0.6) is 0 Å². The molecule has 0 saturated carbocycles. The van der Waals surface area contributed by atoms with Crippen LogP contribution in [0.3, 0.4) is 0 Å². The molecule has 0 aliphatic carbocycles. The maximum Gasteiger partial charge on any atom is 0.265 e. The third-order valence-corrected chi connectivity index (χ3v) is 1.38. The monoisotopic (exact) mass is 211 g/mol. The van der Waals surface area contributed by atoms with Crippen LogP contribution in [0.4, 0.5) is 8.78 Å². The second kappa shape index (κ2) is 7.64. The van der Waals surface area contributed by atoms with Gasteiger partial charge in [-0.25, -0.2) is 8.78 Å². The molecule has 0 aromatic carbocycles. The highest BCUT2D eigenvalue weighted by Crippen LogP contribution is 1.98. The Morgan fingerprint density at radius 1 is 1.57 bits per heavy atom. The summed E-state index contributed by atoms with van der Waals surface area (Å²) in [5.74, 6) is -0.502. The van der Waals surface area contributed by atoms with Crippen molar-refractivity contribution in [1.29, 1.82) is 0 Å². The Morgan fingerprint density at radius 3 is 2.71 bits per heavy atom. The van der Waals surface area contributed by atoms with E-state index in [0.717, 1.165) is 6.42 Å². The number of ether oxygens (including phenoxy) is 1. The highest BCUT2D eigenvalue weighted by Gasteiger charge is 2.17. The van der Waals surface area contributed by atoms with Crippen molar-refractivity contribution < 1.29 is 23.4 Å². The number of alkyl halides is 2. The van der Waals surface area contributed by atoms with Gasteiger partial charge in [-0.15, -0.1) is 0 Å². The van der Waals surface area contributed by atoms with Gasteiger partial charge in [0, 0.05) is 13.2 Å². The van der Waals surface area contributed by atoms with Crippen molar-refractivity contribution in [3.05, 3.63) is 0 Å². The standard InChI is InChI=1S/C8H15F2NO3/c1-2-3-14-5-7(13)11-4-6(12)8(9)10/h6,8,12H,2-5H2,1H3,(H,11,13). The predicted molar refractivity (Wildman–Crippen MR) is 46.1 cm³/mol. The number of carbonyl (C=O) groups is 1. The third-order valence-electron chi connectivity index (χ3n) is 1.38. The smallest absolute Gasteiger partial charge is 0.265 e. The fourth-order valence-corrected chi connectivity index (χ4v) is 0.668. The molecule has 6 heteroatoms. The molecule has 4 nitrogen and oxygen atoms in total. The number of carbonyl (C=O) groups excluding carboxylic acids is 1. The van der Waals surface area contributed by atoms with E-state index < -0.39 is 25.0 Å². The zero-order valence-electron chi connectivity index (χ0n) is 8.00. The third kappa shape index (κ3) is 6.73. The summed E-state index contributed by atoms with van der Waals surface area (Å²) in [5, 5.41) is 10.8. The molecule has 0 bridgehead atoms. The number of rotatable bonds is 7. The van der Waals surface area contributed by atoms with Crippen molar-refractivity contribution in [3.8, 4) is 0 Å². The lowest BCUT2D eigenvalue weighted by atomic mass is 10.3. The summed E-state index contributed by atoms with van der Waals surface area (Å²) in [6.45, 7) is 1.72. The van der Waals surface area contributed by atoms with Crippen LogP contribution in [0, 0.1) is 0 Å². The Hall–Kier alpha value is -0.750. The van der Waals surface area contributed by atoms with Gasteiger partial charge < -0.3 is 15.2 Å². The van der Waals surface area contributed by atoms with Gasteiger partial charge in [-0.3, -0.25) is 4.79 Å². The maximum atomic E-state index is 11.8. The molecule has 0 aromatic heterocycles. The van der Waals surface area contributed by atoms with E-state index in [1.807, 2.05) is 6.92 Å². The van der Waals surface area contributed by atoms with E-state index >= 15 is 0 Å². The van der Waals surface area contributed by atoms with Crippen molar-refractivity contribution in [2.24, 2.45) is 0 Å². The summed E-state index contributed by atoms with van der Waals surface area (Å²) in [6, 6.07) is 0. The SMILES string of the molecule is CCCOCC(=O)NCC(O)C(F)F. The highest BCUT2D eigenvalue weighted by molar-refractivity contribution is 5.77. The van der Waals surface area contributed by atoms with E-state index in [1.54, 1.807) is 0 Å². The van der Waals surface area contributed by atoms with Gasteiger partial charge in [0.2, 0.25) is 5.91 Å². The van der Waals surface area contributed by atoms with Gasteiger partial charge in [0.1, 0.15) is 12.7 Å². The number of hydrogen-bond acceptors (Lipinski definition) is 3. The Balaban J connectivity index is 3.44. The van der Waals surface area contributed by atoms with Crippen LogP contribution in [-0.4, -0.2) is 43.3 Å². The van der Waals surface area contributed by atoms with E-state index in [-0.39, 0.29) is 6.61 Å². The molecule has 0 rings (SSSR count). The van der Waals surface area contributed by atoms with Crippen LogP contribution in [-0.2, 0) is 9.53 Å². The summed E-state index contributed by atoms with van der Waals surface area (Å²) in [6.07, 6.45) is -3.87. The molecule has 0 fully saturated rings. The molecular weight excluding hydrogens is 196 g/mol. The van der Waals surface area contributed by atoms with E-state index in [2.05, 4.69) is 5.32 Å². The number of hydrogen-bond donors (Lipinski definition) is 2. The fourth-order valence-electron chi connectivity index (χ4n) is 0.668. The summed E-state index contributed by atoms with van der Waals surface area (Å²) < 4.78 is 28.4. The normalized spacial score (nSPS) is 12.9. The molecule has 14 heavy (non-hydrogen) atoms. The largest absolute Gasteiger partial charge is 0.385 e. The van der Waals surface area contributed by atoms with Gasteiger partial charge in [-0.05, 0) is 6.42 Å². The Kier molecular flexibility index (Phi) is 7.23. The lowest BCUT2D eigenvalue weighted by Crippen LogP contribution is -2.37. The summed E-state index contributed by atoms with van der Waals surface area (Å²) in [7, 11) is 0. The van der Waals surface area contributed by atoms with Crippen molar-refractivity contribution >= 4 is 5.91 Å². The molecular formula is C8H15F2NO3. The van der Waals surface area contributed by atoms with E-state index in [0.29, 0.717) is 6.61 Å². The molecule has 1 unspecified atom stereocenters. The van der Waals surface area contributed by atoms with Crippen molar-refractivity contribution in [1.82, 2.24) is 5.32 Å². The van der Waals surface area contributed by atoms with Gasteiger partial charge in [0.05, 0.1) is 0 Å². The molecule has 0 aliphatic rings. The van der Waals surface area contributed by atoms with Crippen LogP contribution >= 0.6 is 0 Å². The van der Waals surface area contributed by atoms with Crippen molar-refractivity contribution in [2.45, 2.75) is 25.9 Å². The van der Waals surface area contributed by atoms with Crippen LogP contribution in [0.25, 0.3) is 0 Å². The molecule has 1 amide bonds. The molecule has 84 valence electrons. The number of nitrogens with one attached hydrogen (secondary N) is 1. The van der Waals surface area contributed by atoms with Crippen molar-refractivity contribution in [3.63, 3.8) is 0 Å². The zero-order valence-corrected chi connectivity index (χ0v) is 8.00. The minimum Gasteiger partial charge on any atom is -0.385 e. The van der Waals surface area contributed by atoms with Gasteiger partial charge in [0.25, 0.3) is 6.43 Å². The first kappa shape index (κ1) is 13.2. The zero-order chi connectivity index (χ0) is 11.0. The molecule has 0 radical (unpaired) electrons. The molecule has 0 aliphatic heterocycles. The lowest BCUT2D eigenvalue weighted by molar-refractivity contribution is -0.126. The van der Waals surface area contributed by atoms with Crippen LogP contribution < -0.4 is 5.32 Å². The number of aliphatic hydroxyl groups is 1. The summed E-state index contributed by atoms with van der Waals surface area (Å²) >= 11 is 0. The van der Waals surface area contributed by atoms with E-state index in [9.17, 15) is 13.6 Å². The Morgan fingerprint density at radius 2 is 2.21 bits per heavy atom. The number of amides is 1. The fraction of sp³-hybridized carbons (Fsp3) is 0.875. The van der Waals surface area contributed by atoms with Crippen LogP contribution in [0.2, 0.25) is 0 Å². The van der Waals surface area contributed by atoms with E-state index in [1.165, 1.54) is 0 Å². The first-order chi connectivity index (χ1) is 6.57. The van der Waals surface area contributed by atoms with E-state index in [4.69, 9.17) is 9.84 Å². The Bertz CT molecular complexity index is 167. The molecule has 0 aromatic rings. The average Bonchev–Trinajstić information content (AvgIpc) is 2.14. The molecule has 1 atom stereocenters. The van der Waals surface area contributed by atoms with Gasteiger partial charge in [0.15, 0.2) is 0 Å². The van der Waals surface area contributed by atoms with Crippen LogP contribution in [0.1, 0.15) is 13.3 Å². The maximum absolute atomic E-state index is 11.8. The summed E-state index contributed by atoms with van der Waals surface area (Å²) in [4.78, 5) is 10.9. The number of aliphatic hydroxyl groups excluding tert-OH is 1. The van der Waals surface area contributed by atoms with Gasteiger partial charge in [-0.2, -0.15) is 0 Å². The lowest BCUT2D eigenvalue weighted by Gasteiger charge is -2.10. The van der Waals surface area contributed by atoms with Crippen LogP contribution in [0.15, 0.2) is 0 Å². The minimum absolute atomic E-state index is 0.163. The second-order valence-electron chi connectivity index (χ2n) is 2.76. The second-order valence-corrected chi connectivity index (χ2v) is 2.76. The molecule has 0 saturated heterocycles. The quantitative estimate of drug-likeness (QED) is 0.589. The van der Waals surface area contributed by atoms with Gasteiger partial charge in [-0.1, -0.05) is 6.92 Å². The average molecular weight is 211 g/mol. The molecule has 0 heterocycles. The predicted octanol–water partition coefficient (Wildman–Crippen LogP) is 0.155. The van der Waals surface area contributed by atoms with Crippen molar-refractivity contribution in [2.75, 3.05) is 19.8 Å². The summed E-state index contributed by atoms with van der Waals surface area (Å²) in [5.41, 5.74) is 0. The number of halogens is 2. The Labute approximate surface area is 81.2 Å². The highest BCUT2D eigenvalue weighted by atomic mass is 19.3. The first-order valence-electron chi connectivity index (χ1n) is 4.38. The minimum atomic E-state index is -2.84.